The molecule has 1 heterocycles. The van der Waals surface area contributed by atoms with E-state index < -0.39 is 0 Å². The maximum absolute atomic E-state index is 11.9. The maximum atomic E-state index is 11.9. The number of amides is 1. The summed E-state index contributed by atoms with van der Waals surface area (Å²) in [6.07, 6.45) is 4.71. The van der Waals surface area contributed by atoms with Crippen LogP contribution < -0.4 is 11.0 Å². The monoisotopic (exact) mass is 284 g/mol. The van der Waals surface area contributed by atoms with Crippen molar-refractivity contribution in [3.8, 4) is 0 Å². The molecule has 0 spiro atoms. The molecule has 1 fully saturated rings. The Kier molecular flexibility index (Phi) is 4.68. The van der Waals surface area contributed by atoms with Crippen LogP contribution in [0, 0.1) is 5.92 Å². The van der Waals surface area contributed by atoms with E-state index in [9.17, 15) is 9.59 Å². The average Bonchev–Trinajstić information content (AvgIpc) is 2.70. The zero-order valence-electron chi connectivity index (χ0n) is 11.3. The van der Waals surface area contributed by atoms with Crippen LogP contribution in [0.3, 0.4) is 0 Å². The lowest BCUT2D eigenvalue weighted by Crippen LogP contribution is -2.41. The minimum Gasteiger partial charge on any atom is -0.352 e. The van der Waals surface area contributed by atoms with Crippen LogP contribution in [-0.2, 0) is 11.8 Å². The fourth-order valence-corrected chi connectivity index (χ4v) is 3.10. The van der Waals surface area contributed by atoms with E-state index >= 15 is 0 Å². The van der Waals surface area contributed by atoms with E-state index in [1.54, 1.807) is 7.05 Å². The molecule has 106 valence electrons. The second-order valence-electron chi connectivity index (χ2n) is 5.09. The van der Waals surface area contributed by atoms with Gasteiger partial charge in [0.05, 0.1) is 5.75 Å². The number of rotatable bonds is 4. The van der Waals surface area contributed by atoms with Gasteiger partial charge in [-0.3, -0.25) is 9.36 Å². The van der Waals surface area contributed by atoms with E-state index in [0.29, 0.717) is 22.9 Å². The van der Waals surface area contributed by atoms with Crippen molar-refractivity contribution in [3.63, 3.8) is 0 Å². The SMILES string of the molecule is C[C@@H]1CCCC[C@H]1NC(=O)CSc1n[nH]c(=O)n1C. The van der Waals surface area contributed by atoms with E-state index in [2.05, 4.69) is 22.4 Å². The van der Waals surface area contributed by atoms with Gasteiger partial charge in [-0.05, 0) is 18.8 Å². The molecular weight excluding hydrogens is 264 g/mol. The van der Waals surface area contributed by atoms with Crippen molar-refractivity contribution in [2.24, 2.45) is 13.0 Å². The molecule has 0 bridgehead atoms. The summed E-state index contributed by atoms with van der Waals surface area (Å²) < 4.78 is 1.40. The van der Waals surface area contributed by atoms with Crippen LogP contribution >= 0.6 is 11.8 Å². The van der Waals surface area contributed by atoms with Crippen LogP contribution in [0.4, 0.5) is 0 Å². The minimum absolute atomic E-state index is 0.0131. The maximum Gasteiger partial charge on any atom is 0.343 e. The molecule has 0 aliphatic heterocycles. The van der Waals surface area contributed by atoms with Crippen molar-refractivity contribution in [1.29, 1.82) is 0 Å². The second kappa shape index (κ2) is 6.27. The molecule has 0 unspecified atom stereocenters. The van der Waals surface area contributed by atoms with Crippen molar-refractivity contribution < 1.29 is 4.79 Å². The highest BCUT2D eigenvalue weighted by atomic mass is 32.2. The van der Waals surface area contributed by atoms with Crippen molar-refractivity contribution in [2.75, 3.05) is 5.75 Å². The summed E-state index contributed by atoms with van der Waals surface area (Å²) in [6.45, 7) is 2.19. The molecule has 6 nitrogen and oxygen atoms in total. The van der Waals surface area contributed by atoms with Gasteiger partial charge in [-0.2, -0.15) is 0 Å². The van der Waals surface area contributed by atoms with Gasteiger partial charge in [0.15, 0.2) is 5.16 Å². The topological polar surface area (TPSA) is 79.8 Å². The predicted octanol–water partition coefficient (Wildman–Crippen LogP) is 0.895. The van der Waals surface area contributed by atoms with Gasteiger partial charge >= 0.3 is 5.69 Å². The summed E-state index contributed by atoms with van der Waals surface area (Å²) in [5, 5.41) is 9.83. The van der Waals surface area contributed by atoms with E-state index in [-0.39, 0.29) is 11.6 Å². The largest absolute Gasteiger partial charge is 0.352 e. The molecule has 2 N–H and O–H groups in total. The fourth-order valence-electron chi connectivity index (χ4n) is 2.37. The number of nitrogens with one attached hydrogen (secondary N) is 2. The molecule has 7 heteroatoms. The fraction of sp³-hybridized carbons (Fsp3) is 0.750. The molecule has 1 saturated carbocycles. The summed E-state index contributed by atoms with van der Waals surface area (Å²) in [5.41, 5.74) is -0.260. The second-order valence-corrected chi connectivity index (χ2v) is 6.04. The van der Waals surface area contributed by atoms with Gasteiger partial charge in [-0.1, -0.05) is 31.5 Å². The first-order valence-corrected chi connectivity index (χ1v) is 7.60. The Hall–Kier alpha value is -1.24. The smallest absolute Gasteiger partial charge is 0.343 e. The number of H-pyrrole nitrogens is 1. The van der Waals surface area contributed by atoms with Crippen LogP contribution in [0.5, 0.6) is 0 Å². The molecule has 0 radical (unpaired) electrons. The first-order chi connectivity index (χ1) is 9.08. The molecule has 0 aromatic carbocycles. The predicted molar refractivity (Wildman–Crippen MR) is 74.1 cm³/mol. The van der Waals surface area contributed by atoms with Crippen LogP contribution in [-0.4, -0.2) is 32.5 Å². The van der Waals surface area contributed by atoms with Crippen LogP contribution in [0.25, 0.3) is 0 Å². The van der Waals surface area contributed by atoms with Gasteiger partial charge in [0.1, 0.15) is 0 Å². The highest BCUT2D eigenvalue weighted by Crippen LogP contribution is 2.23. The van der Waals surface area contributed by atoms with Gasteiger partial charge in [0.2, 0.25) is 5.91 Å². The number of hydrogen-bond donors (Lipinski definition) is 2. The van der Waals surface area contributed by atoms with E-state index in [0.717, 1.165) is 6.42 Å². The normalized spacial score (nSPS) is 23.3. The standard InChI is InChI=1S/C12H20N4O2S/c1-8-5-3-4-6-9(8)13-10(17)7-19-12-15-14-11(18)16(12)2/h8-9H,3-7H2,1-2H3,(H,13,17)(H,14,18)/t8-,9-/m1/s1. The van der Waals surface area contributed by atoms with Crippen LogP contribution in [0.1, 0.15) is 32.6 Å². The molecule has 2 rings (SSSR count). The Balaban J connectivity index is 1.81. The zero-order valence-corrected chi connectivity index (χ0v) is 12.1. The van der Waals surface area contributed by atoms with Crippen molar-refractivity contribution in [1.82, 2.24) is 20.1 Å². The summed E-state index contributed by atoms with van der Waals surface area (Å²) in [4.78, 5) is 23.1. The van der Waals surface area contributed by atoms with Gasteiger partial charge in [-0.25, -0.2) is 9.89 Å². The Morgan fingerprint density at radius 1 is 1.53 bits per heavy atom. The Morgan fingerprint density at radius 3 is 2.89 bits per heavy atom. The summed E-state index contributed by atoms with van der Waals surface area (Å²) in [6, 6.07) is 0.296. The molecule has 19 heavy (non-hydrogen) atoms. The number of hydrogen-bond acceptors (Lipinski definition) is 4. The third kappa shape index (κ3) is 3.62. The van der Waals surface area contributed by atoms with E-state index in [4.69, 9.17) is 0 Å². The van der Waals surface area contributed by atoms with E-state index in [1.807, 2.05) is 0 Å². The summed E-state index contributed by atoms with van der Waals surface area (Å²) >= 11 is 1.27. The quantitative estimate of drug-likeness (QED) is 0.805. The van der Waals surface area contributed by atoms with Gasteiger partial charge in [0.25, 0.3) is 0 Å². The number of nitrogens with zero attached hydrogens (tertiary/aromatic N) is 2. The van der Waals surface area contributed by atoms with Gasteiger partial charge < -0.3 is 5.32 Å². The number of carbonyl (C=O) groups excluding carboxylic acids is 1. The number of carbonyl (C=O) groups is 1. The number of aromatic amines is 1. The van der Waals surface area contributed by atoms with Gasteiger partial charge in [-0.15, -0.1) is 5.10 Å². The number of thioether (sulfide) groups is 1. The lowest BCUT2D eigenvalue weighted by Gasteiger charge is -2.29. The third-order valence-corrected chi connectivity index (χ3v) is 4.66. The van der Waals surface area contributed by atoms with Crippen LogP contribution in [0.15, 0.2) is 9.95 Å². The number of aromatic nitrogens is 3. The average molecular weight is 284 g/mol. The zero-order chi connectivity index (χ0) is 13.8. The van der Waals surface area contributed by atoms with Crippen molar-refractivity contribution in [3.05, 3.63) is 10.5 Å². The highest BCUT2D eigenvalue weighted by molar-refractivity contribution is 7.99. The molecule has 1 aromatic heterocycles. The van der Waals surface area contributed by atoms with Gasteiger partial charge in [0, 0.05) is 13.1 Å². The Morgan fingerprint density at radius 2 is 2.26 bits per heavy atom. The Bertz CT molecular complexity index is 496. The van der Waals surface area contributed by atoms with E-state index in [1.165, 1.54) is 35.6 Å². The molecule has 1 aromatic rings. The highest BCUT2D eigenvalue weighted by Gasteiger charge is 2.22. The molecule has 1 amide bonds. The Labute approximate surface area is 116 Å². The minimum atomic E-state index is -0.260. The third-order valence-electron chi connectivity index (χ3n) is 3.63. The first-order valence-electron chi connectivity index (χ1n) is 6.61. The van der Waals surface area contributed by atoms with Crippen LogP contribution in [0.2, 0.25) is 0 Å². The summed E-state index contributed by atoms with van der Waals surface area (Å²) in [7, 11) is 1.63. The molecule has 2 atom stereocenters. The first kappa shape index (κ1) is 14.2. The molecule has 0 saturated heterocycles. The lowest BCUT2D eigenvalue weighted by atomic mass is 9.86. The van der Waals surface area contributed by atoms with Crippen molar-refractivity contribution >= 4 is 17.7 Å². The summed E-state index contributed by atoms with van der Waals surface area (Å²) in [5.74, 6) is 0.859. The lowest BCUT2D eigenvalue weighted by molar-refractivity contribution is -0.119. The van der Waals surface area contributed by atoms with Crippen molar-refractivity contribution in [2.45, 2.75) is 43.8 Å². The molecular formula is C12H20N4O2S. The molecule has 1 aliphatic rings. The molecule has 1 aliphatic carbocycles.